The lowest BCUT2D eigenvalue weighted by Crippen LogP contribution is -2.29. The average Bonchev–Trinajstić information content (AvgIpc) is 2.30. The van der Waals surface area contributed by atoms with Gasteiger partial charge in [0.1, 0.15) is 6.73 Å². The van der Waals surface area contributed by atoms with E-state index < -0.39 is 0 Å². The topological polar surface area (TPSA) is 38.3 Å². The Bertz CT molecular complexity index is 179. The molecule has 5 heteroatoms. The maximum atomic E-state index is 11.5. The number of thioether (sulfide) groups is 2. The van der Waals surface area contributed by atoms with Gasteiger partial charge in [-0.2, -0.15) is 23.5 Å². The molecular weight excluding hydrogens is 242 g/mol. The summed E-state index contributed by atoms with van der Waals surface area (Å²) < 4.78 is 5.21. The third kappa shape index (κ3) is 9.36. The molecule has 0 saturated carbocycles. The van der Waals surface area contributed by atoms with Crippen LogP contribution in [0.4, 0.5) is 0 Å². The second-order valence-corrected chi connectivity index (χ2v) is 5.62. The molecule has 1 N–H and O–H groups in total. The van der Waals surface area contributed by atoms with Gasteiger partial charge in [-0.05, 0) is 31.1 Å². The van der Waals surface area contributed by atoms with Gasteiger partial charge < -0.3 is 10.1 Å². The minimum Gasteiger partial charge on any atom is -0.361 e. The molecule has 1 atom stereocenters. The Kier molecular flexibility index (Phi) is 11.7. The van der Waals surface area contributed by atoms with Crippen molar-refractivity contribution in [1.29, 1.82) is 0 Å². The number of carbonyl (C=O) groups excluding carboxylic acids is 1. The molecule has 0 aromatic rings. The van der Waals surface area contributed by atoms with Gasteiger partial charge >= 0.3 is 0 Å². The molecule has 1 amide bonds. The number of carbonyl (C=O) groups is 1. The number of hydrogen-bond donors (Lipinski definition) is 1. The molecule has 0 aliphatic heterocycles. The number of amides is 1. The molecule has 0 aliphatic rings. The number of hydrogen-bond acceptors (Lipinski definition) is 4. The molecule has 0 spiro atoms. The molecule has 0 saturated heterocycles. The third-order valence-electron chi connectivity index (χ3n) is 2.11. The molecule has 3 nitrogen and oxygen atoms in total. The minimum atomic E-state index is 0.0940. The largest absolute Gasteiger partial charge is 0.361 e. The van der Waals surface area contributed by atoms with E-state index in [1.165, 1.54) is 0 Å². The number of nitrogens with one attached hydrogen (secondary N) is 1. The fraction of sp³-hybridized carbons (Fsp3) is 0.909. The maximum Gasteiger partial charge on any atom is 0.222 e. The average molecular weight is 265 g/mol. The Balaban J connectivity index is 3.57. The first-order valence-electron chi connectivity index (χ1n) is 5.60. The van der Waals surface area contributed by atoms with Crippen LogP contribution < -0.4 is 5.32 Å². The summed E-state index contributed by atoms with van der Waals surface area (Å²) in [5, 5.41) is 3.21. The van der Waals surface area contributed by atoms with Crippen LogP contribution in [0.3, 0.4) is 0 Å². The summed E-state index contributed by atoms with van der Waals surface area (Å²) >= 11 is 3.59. The predicted molar refractivity (Wildman–Crippen MR) is 74.2 cm³/mol. The van der Waals surface area contributed by atoms with Crippen LogP contribution in [0.2, 0.25) is 0 Å². The van der Waals surface area contributed by atoms with E-state index in [-0.39, 0.29) is 5.91 Å². The highest BCUT2D eigenvalue weighted by Crippen LogP contribution is 2.16. The van der Waals surface area contributed by atoms with E-state index in [0.717, 1.165) is 18.6 Å². The summed E-state index contributed by atoms with van der Waals surface area (Å²) in [6, 6.07) is 0. The Hall–Kier alpha value is 0.130. The second kappa shape index (κ2) is 11.6. The van der Waals surface area contributed by atoms with Gasteiger partial charge in [0.05, 0.1) is 0 Å². The highest BCUT2D eigenvalue weighted by Gasteiger charge is 2.11. The summed E-state index contributed by atoms with van der Waals surface area (Å²) in [5.74, 6) is 1.21. The van der Waals surface area contributed by atoms with E-state index in [1.54, 1.807) is 11.8 Å². The van der Waals surface area contributed by atoms with E-state index in [1.807, 2.05) is 18.7 Å². The van der Waals surface area contributed by atoms with Crippen LogP contribution in [-0.2, 0) is 9.53 Å². The van der Waals surface area contributed by atoms with Crippen molar-refractivity contribution in [2.45, 2.75) is 31.4 Å². The zero-order valence-corrected chi connectivity index (χ0v) is 12.1. The van der Waals surface area contributed by atoms with Crippen molar-refractivity contribution < 1.29 is 9.53 Å². The second-order valence-electron chi connectivity index (χ2n) is 3.50. The third-order valence-corrected chi connectivity index (χ3v) is 3.82. The van der Waals surface area contributed by atoms with Crippen LogP contribution in [0, 0.1) is 0 Å². The monoisotopic (exact) mass is 265 g/mol. The smallest absolute Gasteiger partial charge is 0.222 e. The lowest BCUT2D eigenvalue weighted by atomic mass is 10.2. The van der Waals surface area contributed by atoms with Crippen molar-refractivity contribution in [1.82, 2.24) is 5.32 Å². The molecule has 0 radical (unpaired) electrons. The van der Waals surface area contributed by atoms with E-state index in [0.29, 0.717) is 25.0 Å². The van der Waals surface area contributed by atoms with Gasteiger partial charge in [-0.3, -0.25) is 4.79 Å². The maximum absolute atomic E-state index is 11.5. The van der Waals surface area contributed by atoms with Gasteiger partial charge in [-0.1, -0.05) is 6.92 Å². The van der Waals surface area contributed by atoms with Crippen molar-refractivity contribution >= 4 is 29.4 Å². The minimum absolute atomic E-state index is 0.0940. The molecule has 0 fully saturated rings. The van der Waals surface area contributed by atoms with Gasteiger partial charge in [0.25, 0.3) is 0 Å². The number of rotatable bonds is 10. The van der Waals surface area contributed by atoms with Gasteiger partial charge in [0.15, 0.2) is 0 Å². The van der Waals surface area contributed by atoms with Gasteiger partial charge in [-0.15, -0.1) is 0 Å². The van der Waals surface area contributed by atoms with Crippen molar-refractivity contribution in [3.63, 3.8) is 0 Å². The SMILES string of the molecule is CCCOCNC(=O)CC(CCSC)SC. The number of ether oxygens (including phenoxy) is 1. The summed E-state index contributed by atoms with van der Waals surface area (Å²) in [7, 11) is 0. The molecule has 0 aromatic heterocycles. The Morgan fingerprint density at radius 2 is 2.19 bits per heavy atom. The Labute approximate surface area is 107 Å². The zero-order valence-electron chi connectivity index (χ0n) is 10.5. The fourth-order valence-electron chi connectivity index (χ4n) is 1.18. The van der Waals surface area contributed by atoms with Gasteiger partial charge in [0.2, 0.25) is 5.91 Å². The van der Waals surface area contributed by atoms with Crippen LogP contribution in [0.25, 0.3) is 0 Å². The van der Waals surface area contributed by atoms with Gasteiger partial charge in [0, 0.05) is 18.3 Å². The molecule has 16 heavy (non-hydrogen) atoms. The van der Waals surface area contributed by atoms with Gasteiger partial charge in [-0.25, -0.2) is 0 Å². The molecular formula is C11H23NO2S2. The summed E-state index contributed by atoms with van der Waals surface area (Å²) in [4.78, 5) is 11.5. The van der Waals surface area contributed by atoms with E-state index in [4.69, 9.17) is 4.74 Å². The molecule has 96 valence electrons. The van der Waals surface area contributed by atoms with Crippen LogP contribution in [-0.4, -0.2) is 42.8 Å². The predicted octanol–water partition coefficient (Wildman–Crippen LogP) is 2.36. The molecule has 0 aliphatic carbocycles. The molecule has 1 unspecified atom stereocenters. The molecule has 0 bridgehead atoms. The lowest BCUT2D eigenvalue weighted by Gasteiger charge is -2.13. The quantitative estimate of drug-likeness (QED) is 0.486. The van der Waals surface area contributed by atoms with Crippen molar-refractivity contribution in [3.05, 3.63) is 0 Å². The fourth-order valence-corrected chi connectivity index (χ4v) is 2.52. The first kappa shape index (κ1) is 16.1. The van der Waals surface area contributed by atoms with Crippen molar-refractivity contribution in [2.24, 2.45) is 0 Å². The molecule has 0 aromatic carbocycles. The van der Waals surface area contributed by atoms with E-state index in [9.17, 15) is 4.79 Å². The normalized spacial score (nSPS) is 12.4. The Morgan fingerprint density at radius 1 is 1.44 bits per heavy atom. The van der Waals surface area contributed by atoms with E-state index in [2.05, 4.69) is 17.8 Å². The van der Waals surface area contributed by atoms with Crippen molar-refractivity contribution in [3.8, 4) is 0 Å². The Morgan fingerprint density at radius 3 is 2.75 bits per heavy atom. The first-order chi connectivity index (χ1) is 7.74. The van der Waals surface area contributed by atoms with Crippen LogP contribution in [0.1, 0.15) is 26.2 Å². The standard InChI is InChI=1S/C11H23NO2S2/c1-4-6-14-9-12-11(13)8-10(16-3)5-7-15-2/h10H,4-9H2,1-3H3,(H,12,13). The van der Waals surface area contributed by atoms with Crippen LogP contribution in [0.5, 0.6) is 0 Å². The molecule has 0 heterocycles. The van der Waals surface area contributed by atoms with E-state index >= 15 is 0 Å². The van der Waals surface area contributed by atoms with Crippen LogP contribution >= 0.6 is 23.5 Å². The zero-order chi connectivity index (χ0) is 12.2. The van der Waals surface area contributed by atoms with Crippen molar-refractivity contribution in [2.75, 3.05) is 31.6 Å². The summed E-state index contributed by atoms with van der Waals surface area (Å²) in [6.45, 7) is 3.10. The first-order valence-corrected chi connectivity index (χ1v) is 8.28. The summed E-state index contributed by atoms with van der Waals surface area (Å²) in [6.07, 6.45) is 6.82. The van der Waals surface area contributed by atoms with Crippen LogP contribution in [0.15, 0.2) is 0 Å². The highest BCUT2D eigenvalue weighted by atomic mass is 32.2. The summed E-state index contributed by atoms with van der Waals surface area (Å²) in [5.41, 5.74) is 0. The lowest BCUT2D eigenvalue weighted by molar-refractivity contribution is -0.122. The molecule has 0 rings (SSSR count). The highest BCUT2D eigenvalue weighted by molar-refractivity contribution is 7.99.